The summed E-state index contributed by atoms with van der Waals surface area (Å²) in [6.07, 6.45) is 16.5. The lowest BCUT2D eigenvalue weighted by Crippen LogP contribution is -2.27. The number of nitrogens with zero attached hydrogens (tertiary/aromatic N) is 1. The van der Waals surface area contributed by atoms with Crippen molar-refractivity contribution in [2.45, 2.75) is 92.4 Å². The third-order valence-electron chi connectivity index (χ3n) is 6.70. The van der Waals surface area contributed by atoms with E-state index in [1.165, 1.54) is 62.5 Å². The first-order valence-corrected chi connectivity index (χ1v) is 11.7. The Labute approximate surface area is 180 Å². The largest absolute Gasteiger partial charge is 0.396 e. The molecule has 0 heterocycles. The molecule has 2 unspecified atom stereocenters. The van der Waals surface area contributed by atoms with E-state index in [-0.39, 0.29) is 0 Å². The molecule has 0 aromatic heterocycles. The Balaban J connectivity index is 0.000000245. The molecule has 2 atom stereocenters. The molecular formula is C27H43NO. The summed E-state index contributed by atoms with van der Waals surface area (Å²) < 4.78 is 0. The van der Waals surface area contributed by atoms with Gasteiger partial charge in [0.05, 0.1) is 11.6 Å². The topological polar surface area (TPSA) is 44.0 Å². The van der Waals surface area contributed by atoms with Crippen molar-refractivity contribution in [3.8, 4) is 6.07 Å². The maximum Gasteiger partial charge on any atom is 0.0991 e. The number of rotatable bonds is 5. The number of hydrogen-bond donors (Lipinski definition) is 1. The van der Waals surface area contributed by atoms with Gasteiger partial charge in [0.2, 0.25) is 0 Å². The molecule has 2 heteroatoms. The molecule has 29 heavy (non-hydrogen) atoms. The van der Waals surface area contributed by atoms with Gasteiger partial charge in [-0.1, -0.05) is 44.9 Å². The van der Waals surface area contributed by atoms with Crippen molar-refractivity contribution in [1.82, 2.24) is 0 Å². The van der Waals surface area contributed by atoms with Crippen LogP contribution in [0, 0.1) is 42.4 Å². The summed E-state index contributed by atoms with van der Waals surface area (Å²) in [4.78, 5) is 0. The molecule has 0 bridgehead atoms. The normalized spacial score (nSPS) is 21.6. The molecule has 1 N–H and O–H groups in total. The van der Waals surface area contributed by atoms with Gasteiger partial charge < -0.3 is 5.11 Å². The molecule has 3 rings (SSSR count). The van der Waals surface area contributed by atoms with Crippen molar-refractivity contribution in [2.24, 2.45) is 17.3 Å². The number of aliphatic hydroxyl groups excluding tert-OH is 1. The number of benzene rings is 1. The van der Waals surface area contributed by atoms with Gasteiger partial charge in [0.1, 0.15) is 0 Å². The molecule has 2 aliphatic carbocycles. The summed E-state index contributed by atoms with van der Waals surface area (Å²) in [5.74, 6) is 1.58. The SMILES string of the molecule is C/C=C\CC.CCCCC1CC(CO)CCC12CC2.Cc1ccc(C#N)cc1C. The van der Waals surface area contributed by atoms with Gasteiger partial charge in [-0.25, -0.2) is 0 Å². The average Bonchev–Trinajstić information content (AvgIpc) is 3.51. The Morgan fingerprint density at radius 1 is 1.17 bits per heavy atom. The van der Waals surface area contributed by atoms with Gasteiger partial charge in [0, 0.05) is 6.61 Å². The third kappa shape index (κ3) is 8.75. The van der Waals surface area contributed by atoms with Crippen LogP contribution in [0.2, 0.25) is 0 Å². The molecule has 2 aliphatic rings. The summed E-state index contributed by atoms with van der Waals surface area (Å²) in [5, 5.41) is 17.7. The summed E-state index contributed by atoms with van der Waals surface area (Å²) in [6.45, 7) is 10.9. The van der Waals surface area contributed by atoms with Crippen molar-refractivity contribution in [1.29, 1.82) is 5.26 Å². The Bertz CT molecular complexity index is 651. The van der Waals surface area contributed by atoms with Crippen LogP contribution in [0.3, 0.4) is 0 Å². The molecule has 2 fully saturated rings. The Hall–Kier alpha value is -1.59. The minimum absolute atomic E-state index is 0.429. The summed E-state index contributed by atoms with van der Waals surface area (Å²) in [5.41, 5.74) is 3.92. The highest BCUT2D eigenvalue weighted by molar-refractivity contribution is 5.36. The lowest BCUT2D eigenvalue weighted by Gasteiger charge is -2.36. The zero-order chi connectivity index (χ0) is 21.7. The molecule has 1 aromatic carbocycles. The van der Waals surface area contributed by atoms with E-state index in [4.69, 9.17) is 5.26 Å². The third-order valence-corrected chi connectivity index (χ3v) is 6.70. The van der Waals surface area contributed by atoms with E-state index in [9.17, 15) is 5.11 Å². The summed E-state index contributed by atoms with van der Waals surface area (Å²) in [7, 11) is 0. The average molecular weight is 398 g/mol. The van der Waals surface area contributed by atoms with Crippen LogP contribution in [0.1, 0.15) is 95.2 Å². The fourth-order valence-corrected chi connectivity index (χ4v) is 4.37. The van der Waals surface area contributed by atoms with Crippen LogP contribution in [-0.4, -0.2) is 11.7 Å². The van der Waals surface area contributed by atoms with Crippen molar-refractivity contribution in [3.05, 3.63) is 47.0 Å². The lowest BCUT2D eigenvalue weighted by atomic mass is 9.70. The molecule has 1 aromatic rings. The van der Waals surface area contributed by atoms with Crippen LogP contribution in [0.25, 0.3) is 0 Å². The first-order chi connectivity index (χ1) is 14.0. The zero-order valence-corrected chi connectivity index (χ0v) is 19.5. The van der Waals surface area contributed by atoms with E-state index in [1.807, 2.05) is 39.0 Å². The van der Waals surface area contributed by atoms with Crippen molar-refractivity contribution in [3.63, 3.8) is 0 Å². The number of hydrogen-bond acceptors (Lipinski definition) is 2. The number of unbranched alkanes of at least 4 members (excludes halogenated alkanes) is 1. The van der Waals surface area contributed by atoms with Crippen LogP contribution in [0.4, 0.5) is 0 Å². The highest BCUT2D eigenvalue weighted by Crippen LogP contribution is 2.61. The number of aryl methyl sites for hydroxylation is 2. The maximum atomic E-state index is 9.22. The molecule has 0 radical (unpaired) electrons. The second-order valence-electron chi connectivity index (χ2n) is 8.91. The van der Waals surface area contributed by atoms with Crippen molar-refractivity contribution >= 4 is 0 Å². The zero-order valence-electron chi connectivity index (χ0n) is 19.5. The summed E-state index contributed by atoms with van der Waals surface area (Å²) >= 11 is 0. The van der Waals surface area contributed by atoms with Gasteiger partial charge in [0.25, 0.3) is 0 Å². The van der Waals surface area contributed by atoms with Crippen molar-refractivity contribution < 1.29 is 5.11 Å². The predicted octanol–water partition coefficient (Wildman–Crippen LogP) is 7.51. The smallest absolute Gasteiger partial charge is 0.0991 e. The molecule has 2 saturated carbocycles. The van der Waals surface area contributed by atoms with Gasteiger partial charge in [0.15, 0.2) is 0 Å². The molecule has 0 saturated heterocycles. The van der Waals surface area contributed by atoms with Gasteiger partial charge >= 0.3 is 0 Å². The minimum atomic E-state index is 0.429. The van der Waals surface area contributed by atoms with Gasteiger partial charge in [-0.05, 0) is 106 Å². The maximum absolute atomic E-state index is 9.22. The quantitative estimate of drug-likeness (QED) is 0.522. The first-order valence-electron chi connectivity index (χ1n) is 11.7. The second-order valence-corrected chi connectivity index (χ2v) is 8.91. The number of aliphatic hydroxyl groups is 1. The van der Waals surface area contributed by atoms with E-state index in [1.54, 1.807) is 0 Å². The molecule has 0 amide bonds. The summed E-state index contributed by atoms with van der Waals surface area (Å²) in [6, 6.07) is 7.79. The Morgan fingerprint density at radius 2 is 1.90 bits per heavy atom. The van der Waals surface area contributed by atoms with Crippen LogP contribution < -0.4 is 0 Å². The van der Waals surface area contributed by atoms with Crippen molar-refractivity contribution in [2.75, 3.05) is 6.61 Å². The fraction of sp³-hybridized carbons (Fsp3) is 0.667. The van der Waals surface area contributed by atoms with E-state index >= 15 is 0 Å². The number of allylic oxidation sites excluding steroid dienone is 2. The van der Waals surface area contributed by atoms with Gasteiger partial charge in [-0.15, -0.1) is 0 Å². The van der Waals surface area contributed by atoms with Gasteiger partial charge in [-0.3, -0.25) is 0 Å². The molecular weight excluding hydrogens is 354 g/mol. The van der Waals surface area contributed by atoms with Crippen LogP contribution in [0.15, 0.2) is 30.4 Å². The highest BCUT2D eigenvalue weighted by atomic mass is 16.3. The van der Waals surface area contributed by atoms with Crippen LogP contribution in [-0.2, 0) is 0 Å². The second kappa shape index (κ2) is 13.6. The lowest BCUT2D eigenvalue weighted by molar-refractivity contribution is 0.101. The van der Waals surface area contributed by atoms with E-state index in [0.717, 1.165) is 23.3 Å². The first kappa shape index (κ1) is 25.4. The van der Waals surface area contributed by atoms with Crippen LogP contribution >= 0.6 is 0 Å². The monoisotopic (exact) mass is 397 g/mol. The number of nitriles is 1. The Kier molecular flexibility index (Phi) is 11.9. The van der Waals surface area contributed by atoms with Gasteiger partial charge in [-0.2, -0.15) is 5.26 Å². The molecule has 0 aliphatic heterocycles. The predicted molar refractivity (Wildman–Crippen MR) is 125 cm³/mol. The standard InChI is InChI=1S/C13H24O.C9H9N.C5H10/c1-2-3-4-12-9-11(10-14)5-6-13(12)7-8-13;1-7-3-4-9(6-10)5-8(7)2;1-3-5-4-2/h11-12,14H,2-10H2,1H3;3-5H,1-2H3;3,5H,4H2,1-2H3/b;;5-3-. The minimum Gasteiger partial charge on any atom is -0.396 e. The molecule has 162 valence electrons. The van der Waals surface area contributed by atoms with E-state index < -0.39 is 0 Å². The van der Waals surface area contributed by atoms with E-state index in [0.29, 0.717) is 12.5 Å². The fourth-order valence-electron chi connectivity index (χ4n) is 4.37. The molecule has 2 nitrogen and oxygen atoms in total. The van der Waals surface area contributed by atoms with Crippen LogP contribution in [0.5, 0.6) is 0 Å². The Morgan fingerprint density at radius 3 is 2.34 bits per heavy atom. The van der Waals surface area contributed by atoms with E-state index in [2.05, 4.69) is 32.1 Å². The molecule has 1 spiro atoms. The highest BCUT2D eigenvalue weighted by Gasteiger charge is 2.50.